The molecule has 1 unspecified atom stereocenters. The van der Waals surface area contributed by atoms with E-state index in [1.807, 2.05) is 5.38 Å². The largest absolute Gasteiger partial charge is 0.271 e. The summed E-state index contributed by atoms with van der Waals surface area (Å²) < 4.78 is 3.86. The molecule has 16 heavy (non-hydrogen) atoms. The fourth-order valence-corrected chi connectivity index (χ4v) is 2.18. The van der Waals surface area contributed by atoms with Gasteiger partial charge in [0, 0.05) is 5.38 Å². The van der Waals surface area contributed by atoms with E-state index in [2.05, 4.69) is 47.1 Å². The minimum atomic E-state index is -0.0846. The topological polar surface area (TPSA) is 63.8 Å². The molecule has 0 aliphatic heterocycles. The van der Waals surface area contributed by atoms with Crippen LogP contribution in [0, 0.1) is 13.8 Å². The Kier molecular flexibility index (Phi) is 3.28. The Morgan fingerprint density at radius 1 is 1.38 bits per heavy atom. The van der Waals surface area contributed by atoms with Crippen LogP contribution >= 0.6 is 11.5 Å². The fraction of sp³-hybridized carbons (Fsp3) is 0.273. The molecule has 1 atom stereocenters. The van der Waals surface area contributed by atoms with Crippen LogP contribution in [0.1, 0.15) is 28.4 Å². The Bertz CT molecular complexity index is 467. The molecule has 4 nitrogen and oxygen atoms in total. The van der Waals surface area contributed by atoms with E-state index in [-0.39, 0.29) is 6.04 Å². The number of benzene rings is 1. The van der Waals surface area contributed by atoms with Crippen LogP contribution in [-0.2, 0) is 0 Å². The maximum Gasteiger partial charge on any atom is 0.0983 e. The summed E-state index contributed by atoms with van der Waals surface area (Å²) in [5.74, 6) is 5.60. The van der Waals surface area contributed by atoms with Gasteiger partial charge in [0.15, 0.2) is 0 Å². The van der Waals surface area contributed by atoms with Gasteiger partial charge in [0.25, 0.3) is 0 Å². The van der Waals surface area contributed by atoms with Crippen LogP contribution in [-0.4, -0.2) is 9.59 Å². The molecule has 1 aromatic heterocycles. The highest BCUT2D eigenvalue weighted by atomic mass is 32.1. The SMILES string of the molecule is Cc1ccc(C)c(C(NN)c2csnn2)c1. The van der Waals surface area contributed by atoms with E-state index in [1.165, 1.54) is 22.7 Å². The third-order valence-corrected chi connectivity index (χ3v) is 3.11. The van der Waals surface area contributed by atoms with Crippen LogP contribution < -0.4 is 11.3 Å². The Balaban J connectivity index is 2.44. The molecular formula is C11H14N4S. The predicted molar refractivity (Wildman–Crippen MR) is 65.0 cm³/mol. The van der Waals surface area contributed by atoms with Crippen molar-refractivity contribution in [3.8, 4) is 0 Å². The van der Waals surface area contributed by atoms with E-state index in [9.17, 15) is 0 Å². The van der Waals surface area contributed by atoms with Gasteiger partial charge in [-0.25, -0.2) is 5.43 Å². The first-order chi connectivity index (χ1) is 7.72. The van der Waals surface area contributed by atoms with Crippen molar-refractivity contribution >= 4 is 11.5 Å². The summed E-state index contributed by atoms with van der Waals surface area (Å²) in [4.78, 5) is 0. The molecule has 2 aromatic rings. The first kappa shape index (κ1) is 11.2. The van der Waals surface area contributed by atoms with Gasteiger partial charge in [0.1, 0.15) is 0 Å². The third kappa shape index (κ3) is 2.11. The van der Waals surface area contributed by atoms with E-state index in [4.69, 9.17) is 5.84 Å². The highest BCUT2D eigenvalue weighted by Crippen LogP contribution is 2.24. The molecule has 0 spiro atoms. The zero-order chi connectivity index (χ0) is 11.5. The molecule has 84 valence electrons. The summed E-state index contributed by atoms with van der Waals surface area (Å²) >= 11 is 1.33. The van der Waals surface area contributed by atoms with Gasteiger partial charge >= 0.3 is 0 Å². The van der Waals surface area contributed by atoms with Gasteiger partial charge in [-0.3, -0.25) is 5.84 Å². The van der Waals surface area contributed by atoms with Crippen LogP contribution in [0.4, 0.5) is 0 Å². The van der Waals surface area contributed by atoms with E-state index in [1.54, 1.807) is 0 Å². The first-order valence-corrected chi connectivity index (χ1v) is 5.86. The molecular weight excluding hydrogens is 220 g/mol. The van der Waals surface area contributed by atoms with Crippen LogP contribution in [0.5, 0.6) is 0 Å². The Morgan fingerprint density at radius 3 is 2.81 bits per heavy atom. The van der Waals surface area contributed by atoms with Gasteiger partial charge in [-0.05, 0) is 36.5 Å². The first-order valence-electron chi connectivity index (χ1n) is 5.02. The number of rotatable bonds is 3. The molecule has 0 radical (unpaired) electrons. The number of nitrogens with one attached hydrogen (secondary N) is 1. The molecule has 0 bridgehead atoms. The number of aryl methyl sites for hydroxylation is 2. The zero-order valence-corrected chi connectivity index (χ0v) is 10.1. The van der Waals surface area contributed by atoms with Crippen molar-refractivity contribution < 1.29 is 0 Å². The molecule has 2 rings (SSSR count). The normalized spacial score (nSPS) is 12.7. The number of hydrogen-bond donors (Lipinski definition) is 2. The molecule has 5 heteroatoms. The average Bonchev–Trinajstić information content (AvgIpc) is 2.78. The lowest BCUT2D eigenvalue weighted by atomic mass is 9.98. The summed E-state index contributed by atoms with van der Waals surface area (Å²) in [6, 6.07) is 6.22. The van der Waals surface area contributed by atoms with E-state index in [0.717, 1.165) is 11.3 Å². The lowest BCUT2D eigenvalue weighted by molar-refractivity contribution is 0.615. The number of hydrazine groups is 1. The molecule has 0 fully saturated rings. The fourth-order valence-electron chi connectivity index (χ4n) is 1.70. The summed E-state index contributed by atoms with van der Waals surface area (Å²) in [5.41, 5.74) is 7.21. The summed E-state index contributed by atoms with van der Waals surface area (Å²) in [6.45, 7) is 4.13. The summed E-state index contributed by atoms with van der Waals surface area (Å²) in [5, 5.41) is 5.97. The maximum absolute atomic E-state index is 5.60. The van der Waals surface area contributed by atoms with Crippen molar-refractivity contribution in [1.29, 1.82) is 0 Å². The summed E-state index contributed by atoms with van der Waals surface area (Å²) in [6.07, 6.45) is 0. The second-order valence-corrected chi connectivity index (χ2v) is 4.40. The van der Waals surface area contributed by atoms with Crippen molar-refractivity contribution in [2.45, 2.75) is 19.9 Å². The van der Waals surface area contributed by atoms with Gasteiger partial charge in [0.05, 0.1) is 11.7 Å². The third-order valence-electron chi connectivity index (χ3n) is 2.59. The predicted octanol–water partition coefficient (Wildman–Crippen LogP) is 1.71. The number of aromatic nitrogens is 2. The quantitative estimate of drug-likeness (QED) is 0.627. The Labute approximate surface area is 98.6 Å². The minimum Gasteiger partial charge on any atom is -0.271 e. The Morgan fingerprint density at radius 2 is 2.19 bits per heavy atom. The molecule has 3 N–H and O–H groups in total. The molecule has 0 aliphatic carbocycles. The highest BCUT2D eigenvalue weighted by Gasteiger charge is 2.17. The standard InChI is InChI=1S/C11H14N4S/c1-7-3-4-8(2)9(5-7)11(13-12)10-6-16-15-14-10/h3-6,11,13H,12H2,1-2H3. The van der Waals surface area contributed by atoms with Gasteiger partial charge in [-0.15, -0.1) is 5.10 Å². The second-order valence-electron chi connectivity index (χ2n) is 3.79. The van der Waals surface area contributed by atoms with Gasteiger partial charge in [-0.2, -0.15) is 0 Å². The van der Waals surface area contributed by atoms with E-state index in [0.29, 0.717) is 0 Å². The second kappa shape index (κ2) is 4.69. The molecule has 0 saturated carbocycles. The lowest BCUT2D eigenvalue weighted by Gasteiger charge is -2.16. The average molecular weight is 234 g/mol. The minimum absolute atomic E-state index is 0.0846. The van der Waals surface area contributed by atoms with Crippen LogP contribution in [0.25, 0.3) is 0 Å². The molecule has 0 amide bonds. The van der Waals surface area contributed by atoms with Crippen LogP contribution in [0.3, 0.4) is 0 Å². The van der Waals surface area contributed by atoms with Crippen molar-refractivity contribution in [2.24, 2.45) is 5.84 Å². The molecule has 0 aliphatic rings. The molecule has 0 saturated heterocycles. The maximum atomic E-state index is 5.60. The van der Waals surface area contributed by atoms with Crippen LogP contribution in [0.15, 0.2) is 23.6 Å². The summed E-state index contributed by atoms with van der Waals surface area (Å²) in [7, 11) is 0. The number of hydrogen-bond acceptors (Lipinski definition) is 5. The smallest absolute Gasteiger partial charge is 0.0983 e. The van der Waals surface area contributed by atoms with Crippen molar-refractivity contribution in [1.82, 2.24) is 15.0 Å². The van der Waals surface area contributed by atoms with Crippen LogP contribution in [0.2, 0.25) is 0 Å². The molecule has 1 heterocycles. The number of nitrogens with two attached hydrogens (primary N) is 1. The zero-order valence-electron chi connectivity index (χ0n) is 9.27. The highest BCUT2D eigenvalue weighted by molar-refractivity contribution is 7.03. The van der Waals surface area contributed by atoms with Gasteiger partial charge in [0.2, 0.25) is 0 Å². The number of nitrogens with zero attached hydrogens (tertiary/aromatic N) is 2. The Hall–Kier alpha value is -1.30. The monoisotopic (exact) mass is 234 g/mol. The molecule has 1 aromatic carbocycles. The van der Waals surface area contributed by atoms with Crippen molar-refractivity contribution in [2.75, 3.05) is 0 Å². The lowest BCUT2D eigenvalue weighted by Crippen LogP contribution is -2.29. The van der Waals surface area contributed by atoms with Gasteiger partial charge in [-0.1, -0.05) is 28.3 Å². The van der Waals surface area contributed by atoms with Crippen molar-refractivity contribution in [3.63, 3.8) is 0 Å². The van der Waals surface area contributed by atoms with E-state index < -0.39 is 0 Å². The van der Waals surface area contributed by atoms with Crippen molar-refractivity contribution in [3.05, 3.63) is 46.0 Å². The van der Waals surface area contributed by atoms with E-state index >= 15 is 0 Å². The van der Waals surface area contributed by atoms with Gasteiger partial charge < -0.3 is 0 Å².